The number of carbonyl (C=O) groups excluding carboxylic acids is 1. The molecule has 0 radical (unpaired) electrons. The number of hydrogen-bond acceptors (Lipinski definition) is 2. The van der Waals surface area contributed by atoms with Crippen LogP contribution in [0.5, 0.6) is 0 Å². The fourth-order valence-electron chi connectivity index (χ4n) is 0.897. The molecule has 0 saturated heterocycles. The van der Waals surface area contributed by atoms with Crippen molar-refractivity contribution < 1.29 is 9.53 Å². The molecule has 0 spiro atoms. The molecule has 0 saturated carbocycles. The first-order chi connectivity index (χ1) is 4.70. The van der Waals surface area contributed by atoms with Crippen molar-refractivity contribution >= 4 is 28.7 Å². The predicted molar refractivity (Wildman–Crippen MR) is 45.8 cm³/mol. The molecule has 0 heterocycles. The second kappa shape index (κ2) is 3.23. The van der Waals surface area contributed by atoms with Crippen molar-refractivity contribution in [3.05, 3.63) is 9.66 Å². The molecule has 0 bridgehead atoms. The van der Waals surface area contributed by atoms with Crippen LogP contribution in [0.4, 0.5) is 4.79 Å². The zero-order valence-corrected chi connectivity index (χ0v) is 7.50. The van der Waals surface area contributed by atoms with Crippen LogP contribution in [-0.2, 0) is 4.74 Å². The lowest BCUT2D eigenvalue weighted by molar-refractivity contribution is 0.128. The van der Waals surface area contributed by atoms with E-state index in [0.29, 0.717) is 0 Å². The average Bonchev–Trinajstić information content (AvgIpc) is 2.15. The molecule has 0 aromatic carbocycles. The summed E-state index contributed by atoms with van der Waals surface area (Å²) >= 11 is 2.16. The fraction of sp³-hybridized carbons (Fsp3) is 0.500. The largest absolute Gasteiger partial charge is 0.441 e. The maximum atomic E-state index is 10.3. The number of primary amides is 1. The molecule has 56 valence electrons. The van der Waals surface area contributed by atoms with E-state index in [9.17, 15) is 4.79 Å². The van der Waals surface area contributed by atoms with Gasteiger partial charge in [-0.3, -0.25) is 0 Å². The van der Waals surface area contributed by atoms with Gasteiger partial charge in [-0.2, -0.15) is 0 Å². The van der Waals surface area contributed by atoms with E-state index in [-0.39, 0.29) is 6.10 Å². The van der Waals surface area contributed by atoms with Crippen LogP contribution in [-0.4, -0.2) is 12.2 Å². The van der Waals surface area contributed by atoms with Gasteiger partial charge in [-0.05, 0) is 35.4 Å². The van der Waals surface area contributed by atoms with Gasteiger partial charge >= 0.3 is 6.09 Å². The fourth-order valence-corrected chi connectivity index (χ4v) is 1.65. The Labute approximate surface area is 72.7 Å². The smallest absolute Gasteiger partial charge is 0.405 e. The van der Waals surface area contributed by atoms with Gasteiger partial charge in [0.15, 0.2) is 0 Å². The van der Waals surface area contributed by atoms with E-state index in [4.69, 9.17) is 10.5 Å². The molecule has 4 heteroatoms. The summed E-state index contributed by atoms with van der Waals surface area (Å²) in [6.45, 7) is 0. The molecule has 2 N–H and O–H groups in total. The summed E-state index contributed by atoms with van der Waals surface area (Å²) in [5.74, 6) is 0. The molecule has 10 heavy (non-hydrogen) atoms. The third-order valence-electron chi connectivity index (χ3n) is 1.33. The molecule has 1 unspecified atom stereocenters. The molecule has 3 nitrogen and oxygen atoms in total. The van der Waals surface area contributed by atoms with Gasteiger partial charge in [0.05, 0.1) is 0 Å². The number of hydrogen-bond donors (Lipinski definition) is 1. The van der Waals surface area contributed by atoms with E-state index in [1.807, 2.05) is 6.08 Å². The molecule has 1 aliphatic carbocycles. The van der Waals surface area contributed by atoms with Gasteiger partial charge in [0, 0.05) is 3.58 Å². The lowest BCUT2D eigenvalue weighted by atomic mass is 10.3. The summed E-state index contributed by atoms with van der Waals surface area (Å²) in [5.41, 5.74) is 4.84. The molecule has 0 aromatic rings. The molecular formula is C6H8INO2. The van der Waals surface area contributed by atoms with E-state index in [1.165, 1.54) is 0 Å². The zero-order chi connectivity index (χ0) is 7.56. The lowest BCUT2D eigenvalue weighted by Gasteiger charge is -2.09. The van der Waals surface area contributed by atoms with E-state index in [2.05, 4.69) is 22.6 Å². The molecule has 1 amide bonds. The van der Waals surface area contributed by atoms with Crippen LogP contribution in [0.2, 0.25) is 0 Å². The first-order valence-corrected chi connectivity index (χ1v) is 4.09. The molecular weight excluding hydrogens is 245 g/mol. The Morgan fingerprint density at radius 1 is 1.90 bits per heavy atom. The Balaban J connectivity index is 2.43. The van der Waals surface area contributed by atoms with Crippen LogP contribution < -0.4 is 5.73 Å². The molecule has 0 fully saturated rings. The maximum absolute atomic E-state index is 10.3. The Kier molecular flexibility index (Phi) is 2.53. The van der Waals surface area contributed by atoms with Crippen molar-refractivity contribution in [2.45, 2.75) is 18.9 Å². The Hall–Kier alpha value is -0.260. The first-order valence-electron chi connectivity index (χ1n) is 3.02. The van der Waals surface area contributed by atoms with Gasteiger partial charge in [0.25, 0.3) is 0 Å². The van der Waals surface area contributed by atoms with Gasteiger partial charge in [-0.25, -0.2) is 4.79 Å². The molecule has 0 aliphatic heterocycles. The number of rotatable bonds is 1. The average molecular weight is 253 g/mol. The minimum absolute atomic E-state index is 0.0712. The quantitative estimate of drug-likeness (QED) is 0.721. The monoisotopic (exact) mass is 253 g/mol. The minimum atomic E-state index is -0.686. The molecule has 1 atom stereocenters. The van der Waals surface area contributed by atoms with Crippen LogP contribution in [0.25, 0.3) is 0 Å². The van der Waals surface area contributed by atoms with Crippen LogP contribution in [0.1, 0.15) is 12.8 Å². The summed E-state index contributed by atoms with van der Waals surface area (Å²) in [5, 5.41) is 0. The highest BCUT2D eigenvalue weighted by Gasteiger charge is 2.19. The summed E-state index contributed by atoms with van der Waals surface area (Å²) in [6.07, 6.45) is 3.15. The van der Waals surface area contributed by atoms with Gasteiger partial charge in [-0.15, -0.1) is 0 Å². The SMILES string of the molecule is NC(=O)OC1CCC=C1I. The molecule has 0 aromatic heterocycles. The Morgan fingerprint density at radius 2 is 2.60 bits per heavy atom. The van der Waals surface area contributed by atoms with Crippen molar-refractivity contribution in [1.29, 1.82) is 0 Å². The second-order valence-corrected chi connectivity index (χ2v) is 3.34. The van der Waals surface area contributed by atoms with Crippen molar-refractivity contribution in [3.63, 3.8) is 0 Å². The Morgan fingerprint density at radius 3 is 3.00 bits per heavy atom. The van der Waals surface area contributed by atoms with E-state index < -0.39 is 6.09 Å². The first kappa shape index (κ1) is 7.84. The molecule has 1 aliphatic rings. The topological polar surface area (TPSA) is 52.3 Å². The Bertz CT molecular complexity index is 179. The van der Waals surface area contributed by atoms with Crippen LogP contribution in [0, 0.1) is 0 Å². The van der Waals surface area contributed by atoms with E-state index >= 15 is 0 Å². The number of carbonyl (C=O) groups is 1. The third-order valence-corrected chi connectivity index (χ3v) is 2.47. The summed E-state index contributed by atoms with van der Waals surface area (Å²) in [6, 6.07) is 0. The maximum Gasteiger partial charge on any atom is 0.405 e. The van der Waals surface area contributed by atoms with Gasteiger partial charge < -0.3 is 10.5 Å². The summed E-state index contributed by atoms with van der Waals surface area (Å²) in [4.78, 5) is 10.3. The second-order valence-electron chi connectivity index (χ2n) is 2.09. The van der Waals surface area contributed by atoms with Crippen molar-refractivity contribution in [3.8, 4) is 0 Å². The van der Waals surface area contributed by atoms with Crippen molar-refractivity contribution in [2.75, 3.05) is 0 Å². The van der Waals surface area contributed by atoms with Crippen molar-refractivity contribution in [1.82, 2.24) is 0 Å². The highest BCUT2D eigenvalue weighted by molar-refractivity contribution is 14.1. The number of amides is 1. The standard InChI is InChI=1S/C6H8INO2/c7-4-2-1-3-5(4)10-6(8)9/h2,5H,1,3H2,(H2,8,9). The summed E-state index contributed by atoms with van der Waals surface area (Å²) in [7, 11) is 0. The van der Waals surface area contributed by atoms with Gasteiger partial charge in [-0.1, -0.05) is 6.08 Å². The number of ether oxygens (including phenoxy) is 1. The molecule has 1 rings (SSSR count). The normalized spacial score (nSPS) is 24.1. The highest BCUT2D eigenvalue weighted by Crippen LogP contribution is 2.26. The predicted octanol–water partition coefficient (Wildman–Crippen LogP) is 1.56. The van der Waals surface area contributed by atoms with Crippen LogP contribution in [0.3, 0.4) is 0 Å². The number of halogens is 1. The van der Waals surface area contributed by atoms with E-state index in [1.54, 1.807) is 0 Å². The summed E-state index contributed by atoms with van der Waals surface area (Å²) < 4.78 is 5.87. The number of nitrogens with two attached hydrogens (primary N) is 1. The third kappa shape index (κ3) is 1.86. The van der Waals surface area contributed by atoms with Gasteiger partial charge in [0.2, 0.25) is 0 Å². The van der Waals surface area contributed by atoms with Crippen LogP contribution >= 0.6 is 22.6 Å². The zero-order valence-electron chi connectivity index (χ0n) is 5.34. The highest BCUT2D eigenvalue weighted by atomic mass is 127. The number of allylic oxidation sites excluding steroid dienone is 1. The minimum Gasteiger partial charge on any atom is -0.441 e. The van der Waals surface area contributed by atoms with Gasteiger partial charge in [0.1, 0.15) is 6.10 Å². The lowest BCUT2D eigenvalue weighted by Crippen LogP contribution is -2.20. The van der Waals surface area contributed by atoms with Crippen molar-refractivity contribution in [2.24, 2.45) is 5.73 Å². The van der Waals surface area contributed by atoms with E-state index in [0.717, 1.165) is 16.4 Å². The van der Waals surface area contributed by atoms with Crippen LogP contribution in [0.15, 0.2) is 9.66 Å².